The summed E-state index contributed by atoms with van der Waals surface area (Å²) in [6, 6.07) is 15.8. The molecule has 37 heavy (non-hydrogen) atoms. The maximum atomic E-state index is 13.9. The van der Waals surface area contributed by atoms with Crippen molar-refractivity contribution in [2.24, 2.45) is 0 Å². The van der Waals surface area contributed by atoms with E-state index < -0.39 is 6.04 Å². The standard InChI is InChI=1S/C29H29Cl2N3O3/c1-2-24(28(36)32-21-9-3-4-10-21)33(16-19-13-14-20(30)15-23(19)31)26(35)17-34-25-12-6-8-18-7-5-11-22(27(18)25)29(34)37/h5-8,11-15,21,24H,2-4,9-10,16-17H2,1H3,(H,32,36)/t24-/m0/s1. The van der Waals surface area contributed by atoms with Crippen LogP contribution >= 0.6 is 23.2 Å². The molecular weight excluding hydrogens is 509 g/mol. The Bertz CT molecular complexity index is 1360. The summed E-state index contributed by atoms with van der Waals surface area (Å²) in [5, 5.41) is 5.85. The maximum Gasteiger partial charge on any atom is 0.259 e. The Labute approximate surface area is 226 Å². The van der Waals surface area contributed by atoms with Crippen LogP contribution in [0.5, 0.6) is 0 Å². The molecule has 1 aliphatic heterocycles. The van der Waals surface area contributed by atoms with E-state index in [1.165, 1.54) is 4.90 Å². The lowest BCUT2D eigenvalue weighted by molar-refractivity contribution is -0.140. The third-order valence-corrected chi connectivity index (χ3v) is 7.97. The molecule has 3 amide bonds. The molecule has 6 nitrogen and oxygen atoms in total. The van der Waals surface area contributed by atoms with Crippen molar-refractivity contribution in [3.63, 3.8) is 0 Å². The second kappa shape index (κ2) is 10.7. The average Bonchev–Trinajstić information content (AvgIpc) is 3.49. The van der Waals surface area contributed by atoms with Crippen molar-refractivity contribution >= 4 is 57.4 Å². The van der Waals surface area contributed by atoms with E-state index in [1.807, 2.05) is 37.3 Å². The minimum absolute atomic E-state index is 0.130. The predicted octanol–water partition coefficient (Wildman–Crippen LogP) is 5.97. The first kappa shape index (κ1) is 25.6. The van der Waals surface area contributed by atoms with Crippen molar-refractivity contribution in [2.75, 3.05) is 11.4 Å². The van der Waals surface area contributed by atoms with E-state index >= 15 is 0 Å². The van der Waals surface area contributed by atoms with Crippen LogP contribution in [0.1, 0.15) is 54.9 Å². The van der Waals surface area contributed by atoms with Crippen molar-refractivity contribution in [3.8, 4) is 0 Å². The molecule has 3 aromatic rings. The number of nitrogens with zero attached hydrogens (tertiary/aromatic N) is 2. The number of hydrogen-bond acceptors (Lipinski definition) is 3. The topological polar surface area (TPSA) is 69.7 Å². The molecular formula is C29H29Cl2N3O3. The van der Waals surface area contributed by atoms with Crippen LogP contribution in [-0.2, 0) is 16.1 Å². The summed E-state index contributed by atoms with van der Waals surface area (Å²) in [6.07, 6.45) is 4.51. The number of rotatable bonds is 8. The smallest absolute Gasteiger partial charge is 0.259 e. The highest BCUT2D eigenvalue weighted by Gasteiger charge is 2.36. The molecule has 0 radical (unpaired) electrons. The third kappa shape index (κ3) is 5.05. The molecule has 3 aromatic carbocycles. The number of halogens is 2. The molecule has 0 bridgehead atoms. The van der Waals surface area contributed by atoms with E-state index in [0.29, 0.717) is 33.3 Å². The van der Waals surface area contributed by atoms with Crippen molar-refractivity contribution in [1.29, 1.82) is 0 Å². The minimum Gasteiger partial charge on any atom is -0.352 e. The number of carbonyl (C=O) groups is 3. The number of benzene rings is 3. The molecule has 1 fully saturated rings. The first-order chi connectivity index (χ1) is 17.9. The van der Waals surface area contributed by atoms with Gasteiger partial charge in [-0.25, -0.2) is 0 Å². The number of amides is 3. The van der Waals surface area contributed by atoms with Crippen LogP contribution in [0.4, 0.5) is 5.69 Å². The Morgan fingerprint density at radius 2 is 1.81 bits per heavy atom. The number of nitrogens with one attached hydrogen (secondary N) is 1. The highest BCUT2D eigenvalue weighted by Crippen LogP contribution is 2.37. The van der Waals surface area contributed by atoms with Gasteiger partial charge in [0.05, 0.1) is 5.69 Å². The monoisotopic (exact) mass is 537 g/mol. The van der Waals surface area contributed by atoms with E-state index in [4.69, 9.17) is 23.2 Å². The van der Waals surface area contributed by atoms with Crippen molar-refractivity contribution in [2.45, 2.75) is 57.7 Å². The molecule has 8 heteroatoms. The number of carbonyl (C=O) groups excluding carboxylic acids is 3. The van der Waals surface area contributed by atoms with Crippen molar-refractivity contribution in [3.05, 3.63) is 75.8 Å². The zero-order valence-electron chi connectivity index (χ0n) is 20.7. The van der Waals surface area contributed by atoms with Crippen LogP contribution in [0.2, 0.25) is 10.0 Å². The van der Waals surface area contributed by atoms with Gasteiger partial charge in [0.1, 0.15) is 12.6 Å². The maximum absolute atomic E-state index is 13.9. The lowest BCUT2D eigenvalue weighted by atomic mass is 10.1. The SMILES string of the molecule is CC[C@@H](C(=O)NC1CCCC1)N(Cc1ccc(Cl)cc1Cl)C(=O)CN1C(=O)c2cccc3cccc1c23. The Kier molecular flexibility index (Phi) is 7.40. The van der Waals surface area contributed by atoms with Crippen LogP contribution in [0.15, 0.2) is 54.6 Å². The van der Waals surface area contributed by atoms with Crippen LogP contribution in [-0.4, -0.2) is 41.2 Å². The molecule has 0 saturated heterocycles. The highest BCUT2D eigenvalue weighted by molar-refractivity contribution is 6.35. The fourth-order valence-electron chi connectivity index (χ4n) is 5.48. The summed E-state index contributed by atoms with van der Waals surface area (Å²) in [5.41, 5.74) is 1.98. The van der Waals surface area contributed by atoms with Gasteiger partial charge >= 0.3 is 0 Å². The molecule has 5 rings (SSSR count). The van der Waals surface area contributed by atoms with Gasteiger partial charge in [0.15, 0.2) is 0 Å². The van der Waals surface area contributed by atoms with E-state index in [9.17, 15) is 14.4 Å². The molecule has 1 aliphatic carbocycles. The fourth-order valence-corrected chi connectivity index (χ4v) is 5.95. The fraction of sp³-hybridized carbons (Fsp3) is 0.345. The van der Waals surface area contributed by atoms with Crippen LogP contribution in [0.25, 0.3) is 10.8 Å². The zero-order valence-corrected chi connectivity index (χ0v) is 22.2. The number of anilines is 1. The summed E-state index contributed by atoms with van der Waals surface area (Å²) >= 11 is 12.6. The molecule has 1 saturated carbocycles. The second-order valence-electron chi connectivity index (χ2n) is 9.74. The molecule has 0 aromatic heterocycles. The quantitative estimate of drug-likeness (QED) is 0.384. The van der Waals surface area contributed by atoms with E-state index in [0.717, 1.165) is 36.5 Å². The molecule has 0 spiro atoms. The van der Waals surface area contributed by atoms with Crippen molar-refractivity contribution in [1.82, 2.24) is 10.2 Å². The summed E-state index contributed by atoms with van der Waals surface area (Å²) in [7, 11) is 0. The Balaban J connectivity index is 1.45. The average molecular weight is 538 g/mol. The highest BCUT2D eigenvalue weighted by atomic mass is 35.5. The van der Waals surface area contributed by atoms with Gasteiger partial charge in [0, 0.05) is 33.6 Å². The van der Waals surface area contributed by atoms with Gasteiger partial charge in [-0.3, -0.25) is 19.3 Å². The van der Waals surface area contributed by atoms with Gasteiger partial charge in [-0.05, 0) is 54.5 Å². The normalized spacial score (nSPS) is 15.9. The molecule has 1 atom stereocenters. The van der Waals surface area contributed by atoms with E-state index in [-0.39, 0.29) is 36.9 Å². The van der Waals surface area contributed by atoms with E-state index in [1.54, 1.807) is 29.2 Å². The lowest BCUT2D eigenvalue weighted by Crippen LogP contribution is -2.53. The van der Waals surface area contributed by atoms with E-state index in [2.05, 4.69) is 5.32 Å². The third-order valence-electron chi connectivity index (χ3n) is 7.39. The minimum atomic E-state index is -0.698. The lowest BCUT2D eigenvalue weighted by Gasteiger charge is -2.33. The van der Waals surface area contributed by atoms with Crippen molar-refractivity contribution < 1.29 is 14.4 Å². The molecule has 1 N–H and O–H groups in total. The molecule has 1 heterocycles. The predicted molar refractivity (Wildman–Crippen MR) is 147 cm³/mol. The van der Waals surface area contributed by atoms with Gasteiger partial charge in [0.25, 0.3) is 5.91 Å². The number of hydrogen-bond donors (Lipinski definition) is 1. The van der Waals surface area contributed by atoms with Gasteiger partial charge in [0.2, 0.25) is 11.8 Å². The van der Waals surface area contributed by atoms with Crippen LogP contribution in [0, 0.1) is 0 Å². The molecule has 2 aliphatic rings. The summed E-state index contributed by atoms with van der Waals surface area (Å²) < 4.78 is 0. The Hall–Kier alpha value is -3.09. The molecule has 0 unspecified atom stereocenters. The first-order valence-corrected chi connectivity index (χ1v) is 13.5. The van der Waals surface area contributed by atoms with Gasteiger partial charge in [-0.2, -0.15) is 0 Å². The summed E-state index contributed by atoms with van der Waals surface area (Å²) in [6.45, 7) is 1.84. The van der Waals surface area contributed by atoms with Crippen LogP contribution in [0.3, 0.4) is 0 Å². The van der Waals surface area contributed by atoms with Gasteiger partial charge in [-0.15, -0.1) is 0 Å². The van der Waals surface area contributed by atoms with Gasteiger partial charge in [-0.1, -0.05) is 73.3 Å². The first-order valence-electron chi connectivity index (χ1n) is 12.7. The zero-order chi connectivity index (χ0) is 26.1. The second-order valence-corrected chi connectivity index (χ2v) is 10.6. The van der Waals surface area contributed by atoms with Crippen LogP contribution < -0.4 is 10.2 Å². The Morgan fingerprint density at radius 1 is 1.08 bits per heavy atom. The molecule has 192 valence electrons. The summed E-state index contributed by atoms with van der Waals surface area (Å²) in [4.78, 5) is 43.7. The Morgan fingerprint density at radius 3 is 2.51 bits per heavy atom. The van der Waals surface area contributed by atoms with Gasteiger partial charge < -0.3 is 10.2 Å². The largest absolute Gasteiger partial charge is 0.352 e. The summed E-state index contributed by atoms with van der Waals surface area (Å²) in [5.74, 6) is -0.711.